The van der Waals surface area contributed by atoms with Gasteiger partial charge in [-0.25, -0.2) is 4.98 Å². The van der Waals surface area contributed by atoms with Gasteiger partial charge in [0.1, 0.15) is 5.56 Å². The number of nitrogens with zero attached hydrogens (tertiary/aromatic N) is 2. The van der Waals surface area contributed by atoms with Gasteiger partial charge in [0.2, 0.25) is 5.88 Å². The average molecular weight is 405 g/mol. The van der Waals surface area contributed by atoms with Crippen LogP contribution in [0.5, 0.6) is 5.88 Å². The molecule has 6 heteroatoms. The van der Waals surface area contributed by atoms with Crippen molar-refractivity contribution in [1.82, 2.24) is 10.3 Å². The van der Waals surface area contributed by atoms with E-state index in [0.717, 1.165) is 49.7 Å². The van der Waals surface area contributed by atoms with Crippen LogP contribution in [-0.2, 0) is 0 Å². The SMILES string of the molecule is N#Cc1ccc(-c2cnc(OCC3CC3)c(C(=O)NCC3CCCCC3O)c2)cc1. The van der Waals surface area contributed by atoms with Crippen molar-refractivity contribution in [3.05, 3.63) is 47.7 Å². The van der Waals surface area contributed by atoms with Crippen LogP contribution in [0.4, 0.5) is 0 Å². The monoisotopic (exact) mass is 405 g/mol. The lowest BCUT2D eigenvalue weighted by Crippen LogP contribution is -2.36. The average Bonchev–Trinajstić information content (AvgIpc) is 3.61. The Bertz CT molecular complexity index is 932. The number of aliphatic hydroxyl groups is 1. The van der Waals surface area contributed by atoms with Gasteiger partial charge in [-0.15, -0.1) is 0 Å². The first-order valence-electron chi connectivity index (χ1n) is 10.7. The van der Waals surface area contributed by atoms with Gasteiger partial charge in [0.05, 0.1) is 24.3 Å². The van der Waals surface area contributed by atoms with Gasteiger partial charge in [-0.1, -0.05) is 25.0 Å². The fourth-order valence-corrected chi connectivity index (χ4v) is 3.85. The molecular weight excluding hydrogens is 378 g/mol. The molecule has 2 saturated carbocycles. The second-order valence-electron chi connectivity index (χ2n) is 8.34. The van der Waals surface area contributed by atoms with Crippen LogP contribution in [0.25, 0.3) is 11.1 Å². The highest BCUT2D eigenvalue weighted by atomic mass is 16.5. The summed E-state index contributed by atoms with van der Waals surface area (Å²) in [5.74, 6) is 0.758. The van der Waals surface area contributed by atoms with Crippen LogP contribution in [-0.4, -0.2) is 35.3 Å². The maximum Gasteiger partial charge on any atom is 0.256 e. The summed E-state index contributed by atoms with van der Waals surface area (Å²) < 4.78 is 5.86. The fraction of sp³-hybridized carbons (Fsp3) is 0.458. The lowest BCUT2D eigenvalue weighted by Gasteiger charge is -2.27. The summed E-state index contributed by atoms with van der Waals surface area (Å²) in [7, 11) is 0. The van der Waals surface area contributed by atoms with Crippen LogP contribution in [0.3, 0.4) is 0 Å². The van der Waals surface area contributed by atoms with Gasteiger partial charge < -0.3 is 15.2 Å². The Balaban J connectivity index is 1.53. The Morgan fingerprint density at radius 2 is 1.93 bits per heavy atom. The maximum atomic E-state index is 13.0. The number of aromatic nitrogens is 1. The number of ether oxygens (including phenoxy) is 1. The molecule has 30 heavy (non-hydrogen) atoms. The van der Waals surface area contributed by atoms with E-state index in [9.17, 15) is 9.90 Å². The minimum Gasteiger partial charge on any atom is -0.477 e. The Kier molecular flexibility index (Phi) is 6.29. The Hall–Kier alpha value is -2.91. The van der Waals surface area contributed by atoms with Crippen LogP contribution in [0, 0.1) is 23.2 Å². The van der Waals surface area contributed by atoms with Gasteiger partial charge >= 0.3 is 0 Å². The van der Waals surface area contributed by atoms with E-state index >= 15 is 0 Å². The minimum atomic E-state index is -0.354. The predicted molar refractivity (Wildman–Crippen MR) is 113 cm³/mol. The molecule has 0 saturated heterocycles. The van der Waals surface area contributed by atoms with Crippen molar-refractivity contribution >= 4 is 5.91 Å². The standard InChI is InChI=1S/C24H27N3O3/c25-12-16-7-9-18(10-8-16)20-11-21(24(27-14-20)30-15-17-5-6-17)23(29)26-13-19-3-1-2-4-22(19)28/h7-11,14,17,19,22,28H,1-6,13,15H2,(H,26,29). The van der Waals surface area contributed by atoms with Crippen molar-refractivity contribution in [2.45, 2.75) is 44.6 Å². The largest absolute Gasteiger partial charge is 0.477 e. The molecule has 2 fully saturated rings. The summed E-state index contributed by atoms with van der Waals surface area (Å²) >= 11 is 0. The first-order chi connectivity index (χ1) is 14.6. The van der Waals surface area contributed by atoms with E-state index in [2.05, 4.69) is 16.4 Å². The van der Waals surface area contributed by atoms with E-state index in [4.69, 9.17) is 10.00 Å². The molecular formula is C24H27N3O3. The van der Waals surface area contributed by atoms with Gasteiger partial charge in [-0.3, -0.25) is 4.79 Å². The van der Waals surface area contributed by atoms with Crippen LogP contribution in [0.2, 0.25) is 0 Å². The molecule has 6 nitrogen and oxygen atoms in total. The van der Waals surface area contributed by atoms with E-state index in [-0.39, 0.29) is 17.9 Å². The van der Waals surface area contributed by atoms with E-state index in [1.165, 1.54) is 0 Å². The molecule has 0 spiro atoms. The summed E-state index contributed by atoms with van der Waals surface area (Å²) in [6, 6.07) is 11.1. The molecule has 1 amide bonds. The predicted octanol–water partition coefficient (Wildman–Crippen LogP) is 3.69. The molecule has 2 N–H and O–H groups in total. The maximum absolute atomic E-state index is 13.0. The zero-order chi connectivity index (χ0) is 20.9. The molecule has 2 aliphatic carbocycles. The van der Waals surface area contributed by atoms with Crippen LogP contribution >= 0.6 is 0 Å². The quantitative estimate of drug-likeness (QED) is 0.732. The molecule has 1 aromatic heterocycles. The van der Waals surface area contributed by atoms with E-state index in [1.54, 1.807) is 24.4 Å². The molecule has 2 unspecified atom stereocenters. The molecule has 156 valence electrons. The topological polar surface area (TPSA) is 95.2 Å². The third-order valence-electron chi connectivity index (χ3n) is 5.99. The second-order valence-corrected chi connectivity index (χ2v) is 8.34. The smallest absolute Gasteiger partial charge is 0.256 e. The summed E-state index contributed by atoms with van der Waals surface area (Å²) in [6.45, 7) is 1.02. The van der Waals surface area contributed by atoms with E-state index in [1.807, 2.05) is 12.1 Å². The van der Waals surface area contributed by atoms with Gasteiger partial charge in [0, 0.05) is 24.2 Å². The van der Waals surface area contributed by atoms with Gasteiger partial charge in [0.15, 0.2) is 0 Å². The van der Waals surface area contributed by atoms with Gasteiger partial charge in [-0.2, -0.15) is 5.26 Å². The summed E-state index contributed by atoms with van der Waals surface area (Å²) in [5.41, 5.74) is 2.66. The van der Waals surface area contributed by atoms with Gasteiger partial charge in [-0.05, 0) is 55.4 Å². The zero-order valence-electron chi connectivity index (χ0n) is 17.0. The third-order valence-corrected chi connectivity index (χ3v) is 5.99. The first-order valence-corrected chi connectivity index (χ1v) is 10.7. The number of amides is 1. The molecule has 2 atom stereocenters. The number of carbonyl (C=O) groups excluding carboxylic acids is 1. The Morgan fingerprint density at radius 3 is 2.63 bits per heavy atom. The van der Waals surface area contributed by atoms with Crippen LogP contribution in [0.15, 0.2) is 36.5 Å². The van der Waals surface area contributed by atoms with Crippen molar-refractivity contribution in [3.63, 3.8) is 0 Å². The van der Waals surface area contributed by atoms with Crippen molar-refractivity contribution in [1.29, 1.82) is 5.26 Å². The summed E-state index contributed by atoms with van der Waals surface area (Å²) in [6.07, 6.45) is 7.51. The molecule has 4 rings (SSSR count). The van der Waals surface area contributed by atoms with Crippen molar-refractivity contribution in [2.75, 3.05) is 13.2 Å². The number of benzene rings is 1. The highest BCUT2D eigenvalue weighted by molar-refractivity contribution is 5.97. The molecule has 1 aromatic carbocycles. The molecule has 0 bridgehead atoms. The minimum absolute atomic E-state index is 0.0909. The Morgan fingerprint density at radius 1 is 1.17 bits per heavy atom. The number of hydrogen-bond acceptors (Lipinski definition) is 5. The first kappa shape index (κ1) is 20.4. The van der Waals surface area contributed by atoms with Crippen LogP contribution in [0.1, 0.15) is 54.4 Å². The Labute approximate surface area is 176 Å². The van der Waals surface area contributed by atoms with Gasteiger partial charge in [0.25, 0.3) is 5.91 Å². The fourth-order valence-electron chi connectivity index (χ4n) is 3.85. The van der Waals surface area contributed by atoms with Crippen molar-refractivity contribution < 1.29 is 14.6 Å². The number of rotatable bonds is 7. The molecule has 2 aromatic rings. The normalized spacial score (nSPS) is 20.9. The highest BCUT2D eigenvalue weighted by Crippen LogP contribution is 2.31. The lowest BCUT2D eigenvalue weighted by atomic mass is 9.86. The van der Waals surface area contributed by atoms with Crippen LogP contribution < -0.4 is 10.1 Å². The second kappa shape index (κ2) is 9.27. The van der Waals surface area contributed by atoms with E-state index < -0.39 is 0 Å². The molecule has 0 radical (unpaired) electrons. The molecule has 0 aliphatic heterocycles. The third kappa shape index (κ3) is 4.98. The van der Waals surface area contributed by atoms with Crippen molar-refractivity contribution in [2.24, 2.45) is 11.8 Å². The number of nitrogens with one attached hydrogen (secondary N) is 1. The molecule has 2 aliphatic rings. The highest BCUT2D eigenvalue weighted by Gasteiger charge is 2.26. The van der Waals surface area contributed by atoms with Crippen molar-refractivity contribution in [3.8, 4) is 23.1 Å². The number of pyridine rings is 1. The summed E-state index contributed by atoms with van der Waals surface area (Å²) in [4.78, 5) is 17.4. The number of nitriles is 1. The lowest BCUT2D eigenvalue weighted by molar-refractivity contribution is 0.0662. The van der Waals surface area contributed by atoms with E-state index in [0.29, 0.717) is 36.1 Å². The number of carbonyl (C=O) groups is 1. The summed E-state index contributed by atoms with van der Waals surface area (Å²) in [5, 5.41) is 22.2. The number of hydrogen-bond donors (Lipinski definition) is 2. The number of aliphatic hydroxyl groups excluding tert-OH is 1. The molecule has 1 heterocycles. The zero-order valence-corrected chi connectivity index (χ0v) is 17.0.